The van der Waals surface area contributed by atoms with Crippen LogP contribution in [0.1, 0.15) is 46.9 Å². The number of aromatic nitrogens is 3. The van der Waals surface area contributed by atoms with Gasteiger partial charge in [-0.25, -0.2) is 0 Å². The number of hydrogen-bond donors (Lipinski definition) is 2. The van der Waals surface area contributed by atoms with Gasteiger partial charge in [0.15, 0.2) is 0 Å². The van der Waals surface area contributed by atoms with E-state index in [-0.39, 0.29) is 17.5 Å². The van der Waals surface area contributed by atoms with E-state index < -0.39 is 5.91 Å². The number of amides is 2. The molecule has 1 aliphatic rings. The second-order valence-electron chi connectivity index (χ2n) is 6.11. The molecule has 0 radical (unpaired) electrons. The molecule has 1 atom stereocenters. The molecule has 0 unspecified atom stereocenters. The first-order valence-corrected chi connectivity index (χ1v) is 8.15. The second kappa shape index (κ2) is 7.25. The number of H-pyrrole nitrogens is 1. The number of piperidine rings is 1. The van der Waals surface area contributed by atoms with Crippen molar-refractivity contribution in [3.05, 3.63) is 47.5 Å². The fourth-order valence-corrected chi connectivity index (χ4v) is 3.09. The molecule has 0 aromatic carbocycles. The Morgan fingerprint density at radius 2 is 2.12 bits per heavy atom. The number of rotatable bonds is 5. The molecule has 7 nitrogen and oxygen atoms in total. The van der Waals surface area contributed by atoms with Crippen LogP contribution in [0.5, 0.6) is 0 Å². The number of aromatic amines is 1. The van der Waals surface area contributed by atoms with Gasteiger partial charge in [-0.15, -0.1) is 0 Å². The Balaban J connectivity index is 1.58. The third-order valence-electron chi connectivity index (χ3n) is 4.44. The Bertz CT molecular complexity index is 713. The molecule has 2 amide bonds. The number of primary amides is 1. The van der Waals surface area contributed by atoms with Gasteiger partial charge in [0.25, 0.3) is 5.91 Å². The predicted molar refractivity (Wildman–Crippen MR) is 88.2 cm³/mol. The Kier molecular flexibility index (Phi) is 4.88. The van der Waals surface area contributed by atoms with Crippen molar-refractivity contribution < 1.29 is 9.59 Å². The molecule has 0 saturated carbocycles. The Hall–Kier alpha value is -2.70. The van der Waals surface area contributed by atoms with Gasteiger partial charge in [-0.1, -0.05) is 0 Å². The highest BCUT2D eigenvalue weighted by atomic mass is 16.2. The Morgan fingerprint density at radius 1 is 1.33 bits per heavy atom. The second-order valence-corrected chi connectivity index (χ2v) is 6.11. The van der Waals surface area contributed by atoms with Crippen LogP contribution in [0.3, 0.4) is 0 Å². The summed E-state index contributed by atoms with van der Waals surface area (Å²) in [6.07, 6.45) is 6.60. The van der Waals surface area contributed by atoms with E-state index in [2.05, 4.69) is 15.2 Å². The lowest BCUT2D eigenvalue weighted by Crippen LogP contribution is -2.39. The zero-order valence-corrected chi connectivity index (χ0v) is 13.4. The van der Waals surface area contributed by atoms with Crippen molar-refractivity contribution in [2.45, 2.75) is 31.6 Å². The fourth-order valence-electron chi connectivity index (χ4n) is 3.09. The van der Waals surface area contributed by atoms with Crippen LogP contribution in [-0.4, -0.2) is 45.0 Å². The predicted octanol–water partition coefficient (Wildman–Crippen LogP) is 1.24. The van der Waals surface area contributed by atoms with Gasteiger partial charge in [0.05, 0.1) is 0 Å². The first-order valence-electron chi connectivity index (χ1n) is 8.15. The molecule has 0 spiro atoms. The summed E-state index contributed by atoms with van der Waals surface area (Å²) in [6, 6.07) is 5.56. The van der Waals surface area contributed by atoms with Crippen molar-refractivity contribution in [2.75, 3.05) is 13.1 Å². The Labute approximate surface area is 140 Å². The maximum atomic E-state index is 12.5. The lowest BCUT2D eigenvalue weighted by molar-refractivity contribution is -0.132. The van der Waals surface area contributed by atoms with Gasteiger partial charge in [-0.2, -0.15) is 5.10 Å². The van der Waals surface area contributed by atoms with Crippen LogP contribution in [0.15, 0.2) is 30.6 Å². The number of hydrogen-bond acceptors (Lipinski definition) is 4. The fraction of sp³-hybridized carbons (Fsp3) is 0.412. The van der Waals surface area contributed by atoms with Crippen LogP contribution < -0.4 is 5.73 Å². The third-order valence-corrected chi connectivity index (χ3v) is 4.44. The third kappa shape index (κ3) is 3.79. The lowest BCUT2D eigenvalue weighted by atomic mass is 9.94. The van der Waals surface area contributed by atoms with Gasteiger partial charge in [0.1, 0.15) is 5.69 Å². The van der Waals surface area contributed by atoms with Gasteiger partial charge in [0.2, 0.25) is 5.91 Å². The minimum atomic E-state index is -0.543. The first-order chi connectivity index (χ1) is 11.6. The number of nitrogens with zero attached hydrogens (tertiary/aromatic N) is 3. The van der Waals surface area contributed by atoms with E-state index in [1.165, 1.54) is 0 Å². The highest BCUT2D eigenvalue weighted by molar-refractivity contribution is 5.90. The summed E-state index contributed by atoms with van der Waals surface area (Å²) < 4.78 is 0. The van der Waals surface area contributed by atoms with Crippen LogP contribution in [0.4, 0.5) is 0 Å². The van der Waals surface area contributed by atoms with Gasteiger partial charge >= 0.3 is 0 Å². The maximum Gasteiger partial charge on any atom is 0.269 e. The molecule has 3 heterocycles. The molecule has 2 aromatic rings. The number of nitrogens with one attached hydrogen (secondary N) is 1. The molecule has 0 aliphatic carbocycles. The molecule has 24 heavy (non-hydrogen) atoms. The standard InChI is InChI=1S/C17H21N5O2/c18-17(24)15-10-14(20-21-15)13-2-1-9-22(11-13)16(23)4-3-12-5-7-19-8-6-12/h5-8,10,13H,1-4,9,11H2,(H2,18,24)(H,20,21)/t13-/m1/s1. The number of nitrogens with two attached hydrogens (primary N) is 1. The molecule has 7 heteroatoms. The van der Waals surface area contributed by atoms with E-state index >= 15 is 0 Å². The summed E-state index contributed by atoms with van der Waals surface area (Å²) in [5.74, 6) is -0.214. The average molecular weight is 327 g/mol. The van der Waals surface area contributed by atoms with E-state index in [9.17, 15) is 9.59 Å². The van der Waals surface area contributed by atoms with Crippen molar-refractivity contribution in [1.82, 2.24) is 20.1 Å². The molecule has 126 valence electrons. The molecule has 3 N–H and O–H groups in total. The number of aryl methyl sites for hydroxylation is 1. The molecule has 2 aromatic heterocycles. The minimum Gasteiger partial charge on any atom is -0.364 e. The smallest absolute Gasteiger partial charge is 0.269 e. The summed E-state index contributed by atoms with van der Waals surface area (Å²) in [7, 11) is 0. The lowest BCUT2D eigenvalue weighted by Gasteiger charge is -2.32. The van der Waals surface area contributed by atoms with E-state index in [0.717, 1.165) is 37.1 Å². The highest BCUT2D eigenvalue weighted by Crippen LogP contribution is 2.26. The van der Waals surface area contributed by atoms with Crippen LogP contribution in [0.2, 0.25) is 0 Å². The Morgan fingerprint density at radius 3 is 2.83 bits per heavy atom. The summed E-state index contributed by atoms with van der Waals surface area (Å²) in [5.41, 5.74) is 7.47. The largest absolute Gasteiger partial charge is 0.364 e. The monoisotopic (exact) mass is 327 g/mol. The molecule has 1 fully saturated rings. The van der Waals surface area contributed by atoms with Crippen molar-refractivity contribution in [1.29, 1.82) is 0 Å². The number of carbonyl (C=O) groups excluding carboxylic acids is 2. The van der Waals surface area contributed by atoms with Crippen LogP contribution in [0, 0.1) is 0 Å². The molecular formula is C17H21N5O2. The van der Waals surface area contributed by atoms with E-state index in [1.807, 2.05) is 17.0 Å². The SMILES string of the molecule is NC(=O)c1cc([C@@H]2CCCN(C(=O)CCc3ccncc3)C2)[nH]n1. The van der Waals surface area contributed by atoms with E-state index in [0.29, 0.717) is 13.0 Å². The summed E-state index contributed by atoms with van der Waals surface area (Å²) in [4.78, 5) is 29.5. The van der Waals surface area contributed by atoms with Crippen LogP contribution in [-0.2, 0) is 11.2 Å². The molecule has 1 aliphatic heterocycles. The summed E-state index contributed by atoms with van der Waals surface area (Å²) >= 11 is 0. The van der Waals surface area contributed by atoms with E-state index in [1.54, 1.807) is 18.5 Å². The van der Waals surface area contributed by atoms with Gasteiger partial charge in [-0.3, -0.25) is 19.7 Å². The maximum absolute atomic E-state index is 12.5. The quantitative estimate of drug-likeness (QED) is 0.862. The highest BCUT2D eigenvalue weighted by Gasteiger charge is 2.26. The minimum absolute atomic E-state index is 0.158. The molecule has 3 rings (SSSR count). The zero-order chi connectivity index (χ0) is 16.9. The van der Waals surface area contributed by atoms with Gasteiger partial charge in [-0.05, 0) is 43.0 Å². The first kappa shape index (κ1) is 16.2. The molecular weight excluding hydrogens is 306 g/mol. The van der Waals surface area contributed by atoms with Crippen molar-refractivity contribution in [3.8, 4) is 0 Å². The number of likely N-dealkylation sites (tertiary alicyclic amines) is 1. The van der Waals surface area contributed by atoms with Crippen LogP contribution in [0.25, 0.3) is 0 Å². The normalized spacial score (nSPS) is 17.7. The summed E-state index contributed by atoms with van der Waals surface area (Å²) in [6.45, 7) is 1.43. The van der Waals surface area contributed by atoms with Crippen LogP contribution >= 0.6 is 0 Å². The molecule has 0 bridgehead atoms. The topological polar surface area (TPSA) is 105 Å². The zero-order valence-electron chi connectivity index (χ0n) is 13.4. The average Bonchev–Trinajstić information content (AvgIpc) is 3.11. The van der Waals surface area contributed by atoms with Crippen molar-refractivity contribution >= 4 is 11.8 Å². The van der Waals surface area contributed by atoms with Gasteiger partial charge < -0.3 is 10.6 Å². The van der Waals surface area contributed by atoms with E-state index in [4.69, 9.17) is 5.73 Å². The molecule has 1 saturated heterocycles. The number of carbonyl (C=O) groups is 2. The summed E-state index contributed by atoms with van der Waals surface area (Å²) in [5, 5.41) is 6.81. The van der Waals surface area contributed by atoms with Gasteiger partial charge in [0, 0.05) is 43.5 Å². The van der Waals surface area contributed by atoms with Crippen molar-refractivity contribution in [3.63, 3.8) is 0 Å². The van der Waals surface area contributed by atoms with Crippen molar-refractivity contribution in [2.24, 2.45) is 5.73 Å². The number of pyridine rings is 1.